The van der Waals surface area contributed by atoms with E-state index >= 15 is 0 Å². The molecule has 2 rings (SSSR count). The van der Waals surface area contributed by atoms with Crippen LogP contribution in [-0.4, -0.2) is 41.9 Å². The van der Waals surface area contributed by atoms with Crippen LogP contribution in [0.25, 0.3) is 0 Å². The Kier molecular flexibility index (Phi) is 4.89. The molecule has 1 aliphatic rings. The lowest BCUT2D eigenvalue weighted by molar-refractivity contribution is 0.278. The fraction of sp³-hybridized carbons (Fsp3) is 0.538. The number of rotatable bonds is 4. The lowest BCUT2D eigenvalue weighted by Crippen LogP contribution is -2.41. The highest BCUT2D eigenvalue weighted by molar-refractivity contribution is 8.00. The van der Waals surface area contributed by atoms with E-state index in [4.69, 9.17) is 0 Å². The van der Waals surface area contributed by atoms with Crippen molar-refractivity contribution >= 4 is 21.8 Å². The minimum absolute atomic E-state index is 0.235. The first-order valence-corrected chi connectivity index (χ1v) is 8.89. The highest BCUT2D eigenvalue weighted by Crippen LogP contribution is 2.27. The molecule has 19 heavy (non-hydrogen) atoms. The molecule has 1 unspecified atom stereocenters. The number of aliphatic hydroxyl groups is 1. The van der Waals surface area contributed by atoms with Gasteiger partial charge in [0.25, 0.3) is 0 Å². The summed E-state index contributed by atoms with van der Waals surface area (Å²) in [4.78, 5) is 0.235. The smallest absolute Gasteiger partial charge is 0.243 e. The molecule has 0 amide bonds. The van der Waals surface area contributed by atoms with Crippen molar-refractivity contribution in [3.8, 4) is 0 Å². The second-order valence-corrected chi connectivity index (χ2v) is 7.84. The third kappa shape index (κ3) is 3.13. The molecule has 1 fully saturated rings. The Balaban J connectivity index is 2.31. The Labute approximate surface area is 118 Å². The average Bonchev–Trinajstić information content (AvgIpc) is 2.47. The summed E-state index contributed by atoms with van der Waals surface area (Å²) in [6.45, 7) is 2.93. The minimum atomic E-state index is -3.49. The molecule has 1 aromatic rings. The fourth-order valence-electron chi connectivity index (χ4n) is 2.18. The Morgan fingerprint density at radius 1 is 1.42 bits per heavy atom. The Bertz CT molecular complexity index is 530. The number of hydrogen-bond acceptors (Lipinski definition) is 4. The predicted octanol–water partition coefficient (Wildman–Crippen LogP) is 1.70. The van der Waals surface area contributed by atoms with Crippen molar-refractivity contribution in [1.29, 1.82) is 0 Å². The second-order valence-electron chi connectivity index (χ2n) is 4.53. The topological polar surface area (TPSA) is 57.6 Å². The van der Waals surface area contributed by atoms with Gasteiger partial charge in [0.05, 0.1) is 11.5 Å². The van der Waals surface area contributed by atoms with Crippen molar-refractivity contribution in [2.24, 2.45) is 0 Å². The molecule has 4 nitrogen and oxygen atoms in total. The molecule has 1 saturated heterocycles. The zero-order valence-corrected chi connectivity index (χ0v) is 12.6. The van der Waals surface area contributed by atoms with Gasteiger partial charge in [-0.1, -0.05) is 25.1 Å². The molecule has 0 aromatic heterocycles. The van der Waals surface area contributed by atoms with Gasteiger partial charge >= 0.3 is 0 Å². The average molecular weight is 301 g/mol. The van der Waals surface area contributed by atoms with E-state index in [1.54, 1.807) is 28.6 Å². The van der Waals surface area contributed by atoms with Crippen LogP contribution < -0.4 is 0 Å². The van der Waals surface area contributed by atoms with E-state index in [0.717, 1.165) is 12.2 Å². The number of hydrogen-bond donors (Lipinski definition) is 1. The fourth-order valence-corrected chi connectivity index (χ4v) is 5.27. The van der Waals surface area contributed by atoms with Gasteiger partial charge in [-0.3, -0.25) is 0 Å². The maximum atomic E-state index is 12.6. The van der Waals surface area contributed by atoms with Crippen molar-refractivity contribution in [2.45, 2.75) is 30.1 Å². The number of thioether (sulfide) groups is 1. The van der Waals surface area contributed by atoms with Gasteiger partial charge in [0, 0.05) is 24.1 Å². The third-order valence-corrected chi connectivity index (χ3v) is 6.66. The summed E-state index contributed by atoms with van der Waals surface area (Å²) < 4.78 is 26.8. The molecule has 1 N–H and O–H groups in total. The number of sulfonamides is 1. The summed E-state index contributed by atoms with van der Waals surface area (Å²) in [6.07, 6.45) is 0.971. The van der Waals surface area contributed by atoms with Crippen LogP contribution in [0.2, 0.25) is 0 Å². The lowest BCUT2D eigenvalue weighted by Gasteiger charge is -2.31. The molecule has 0 saturated carbocycles. The van der Waals surface area contributed by atoms with Gasteiger partial charge in [-0.25, -0.2) is 8.42 Å². The van der Waals surface area contributed by atoms with E-state index in [9.17, 15) is 13.5 Å². The van der Waals surface area contributed by atoms with Crippen LogP contribution in [0, 0.1) is 0 Å². The number of aliphatic hydroxyl groups excluding tert-OH is 1. The van der Waals surface area contributed by atoms with E-state index in [0.29, 0.717) is 23.9 Å². The first-order valence-electron chi connectivity index (χ1n) is 6.40. The summed E-state index contributed by atoms with van der Waals surface area (Å²) in [7, 11) is -3.49. The molecular formula is C13H19NO3S2. The lowest BCUT2D eigenvalue weighted by atomic mass is 10.2. The van der Waals surface area contributed by atoms with E-state index in [1.165, 1.54) is 0 Å². The van der Waals surface area contributed by atoms with Crippen LogP contribution in [0.1, 0.15) is 18.9 Å². The first-order chi connectivity index (χ1) is 9.09. The molecule has 0 bridgehead atoms. The van der Waals surface area contributed by atoms with Crippen molar-refractivity contribution in [2.75, 3.05) is 18.8 Å². The van der Waals surface area contributed by atoms with Crippen molar-refractivity contribution in [3.63, 3.8) is 0 Å². The minimum Gasteiger partial charge on any atom is -0.392 e. The Hall–Kier alpha value is -0.560. The van der Waals surface area contributed by atoms with Crippen LogP contribution in [0.3, 0.4) is 0 Å². The zero-order valence-electron chi connectivity index (χ0n) is 10.9. The van der Waals surface area contributed by atoms with Gasteiger partial charge in [0.15, 0.2) is 0 Å². The van der Waals surface area contributed by atoms with Gasteiger partial charge in [-0.2, -0.15) is 16.1 Å². The van der Waals surface area contributed by atoms with E-state index in [-0.39, 0.29) is 11.5 Å². The molecule has 0 spiro atoms. The maximum Gasteiger partial charge on any atom is 0.243 e. The van der Waals surface area contributed by atoms with Gasteiger partial charge in [-0.15, -0.1) is 0 Å². The highest BCUT2D eigenvalue weighted by Gasteiger charge is 2.31. The molecule has 6 heteroatoms. The van der Waals surface area contributed by atoms with Crippen LogP contribution >= 0.6 is 11.8 Å². The number of nitrogens with zero attached hydrogens (tertiary/aromatic N) is 1. The normalized spacial score (nSPS) is 21.5. The van der Waals surface area contributed by atoms with E-state index in [2.05, 4.69) is 6.92 Å². The van der Waals surface area contributed by atoms with Crippen molar-refractivity contribution in [3.05, 3.63) is 29.8 Å². The van der Waals surface area contributed by atoms with Crippen LogP contribution in [-0.2, 0) is 16.6 Å². The maximum absolute atomic E-state index is 12.6. The molecule has 1 aliphatic heterocycles. The summed E-state index contributed by atoms with van der Waals surface area (Å²) in [5.74, 6) is 0.832. The first kappa shape index (κ1) is 14.8. The molecule has 1 aromatic carbocycles. The monoisotopic (exact) mass is 301 g/mol. The van der Waals surface area contributed by atoms with Gasteiger partial charge in [0.2, 0.25) is 10.0 Å². The summed E-state index contributed by atoms with van der Waals surface area (Å²) in [5.41, 5.74) is 0.466. The molecular weight excluding hydrogens is 282 g/mol. The second kappa shape index (κ2) is 6.26. The quantitative estimate of drug-likeness (QED) is 0.919. The Morgan fingerprint density at radius 2 is 2.16 bits per heavy atom. The van der Waals surface area contributed by atoms with E-state index < -0.39 is 10.0 Å². The molecule has 0 aliphatic carbocycles. The molecule has 0 radical (unpaired) electrons. The summed E-state index contributed by atoms with van der Waals surface area (Å²) >= 11 is 1.83. The third-order valence-electron chi connectivity index (χ3n) is 3.32. The van der Waals surface area contributed by atoms with Crippen LogP contribution in [0.4, 0.5) is 0 Å². The standard InChI is InChI=1S/C13H19NO3S2/c1-2-12-9-14(7-8-18-12)19(16,17)13-6-4-3-5-11(13)10-15/h3-6,12,15H,2,7-10H2,1H3. The van der Waals surface area contributed by atoms with Gasteiger partial charge in [-0.05, 0) is 18.1 Å². The summed E-state index contributed by atoms with van der Waals surface area (Å²) in [6, 6.07) is 6.67. The van der Waals surface area contributed by atoms with E-state index in [1.807, 2.05) is 11.8 Å². The van der Waals surface area contributed by atoms with Crippen LogP contribution in [0.5, 0.6) is 0 Å². The largest absolute Gasteiger partial charge is 0.392 e. The molecule has 1 heterocycles. The summed E-state index contributed by atoms with van der Waals surface area (Å²) in [5, 5.41) is 9.66. The zero-order chi connectivity index (χ0) is 13.9. The number of benzene rings is 1. The van der Waals surface area contributed by atoms with Crippen molar-refractivity contribution in [1.82, 2.24) is 4.31 Å². The highest BCUT2D eigenvalue weighted by atomic mass is 32.2. The SMILES string of the molecule is CCC1CN(S(=O)(=O)c2ccccc2CO)CCS1. The van der Waals surface area contributed by atoms with Gasteiger partial charge < -0.3 is 5.11 Å². The van der Waals surface area contributed by atoms with Gasteiger partial charge in [0.1, 0.15) is 0 Å². The predicted molar refractivity (Wildman–Crippen MR) is 77.7 cm³/mol. The van der Waals surface area contributed by atoms with Crippen molar-refractivity contribution < 1.29 is 13.5 Å². The molecule has 1 atom stereocenters. The molecule has 106 valence electrons. The van der Waals surface area contributed by atoms with Crippen LogP contribution in [0.15, 0.2) is 29.2 Å². The Morgan fingerprint density at radius 3 is 2.84 bits per heavy atom.